The summed E-state index contributed by atoms with van der Waals surface area (Å²) in [6.07, 6.45) is 1.61. The van der Waals surface area contributed by atoms with Crippen LogP contribution in [0.3, 0.4) is 0 Å². The predicted octanol–water partition coefficient (Wildman–Crippen LogP) is 4.29. The first kappa shape index (κ1) is 19.7. The number of nitrogens with zero attached hydrogens (tertiary/aromatic N) is 3. The van der Waals surface area contributed by atoms with Crippen molar-refractivity contribution in [2.24, 2.45) is 0 Å². The van der Waals surface area contributed by atoms with Crippen LogP contribution in [0.25, 0.3) is 0 Å². The van der Waals surface area contributed by atoms with Crippen molar-refractivity contribution in [3.05, 3.63) is 58.8 Å². The van der Waals surface area contributed by atoms with E-state index in [2.05, 4.69) is 15.5 Å². The van der Waals surface area contributed by atoms with Crippen molar-refractivity contribution < 1.29 is 13.6 Å². The number of benzene rings is 1. The van der Waals surface area contributed by atoms with Crippen molar-refractivity contribution in [3.8, 4) is 0 Å². The molecule has 6 nitrogen and oxygen atoms in total. The highest BCUT2D eigenvalue weighted by Crippen LogP contribution is 2.26. The molecule has 0 aliphatic heterocycles. The molecule has 1 aromatic carbocycles. The highest BCUT2D eigenvalue weighted by atomic mass is 35.5. The molecule has 1 amide bonds. The monoisotopic (exact) mass is 426 g/mol. The van der Waals surface area contributed by atoms with Gasteiger partial charge in [-0.15, -0.1) is 10.2 Å². The summed E-state index contributed by atoms with van der Waals surface area (Å²) < 4.78 is 19.7. The average Bonchev–Trinajstić information content (AvgIpc) is 3.32. The van der Waals surface area contributed by atoms with Crippen LogP contribution >= 0.6 is 34.7 Å². The van der Waals surface area contributed by atoms with Crippen LogP contribution in [0, 0.1) is 5.82 Å². The van der Waals surface area contributed by atoms with Gasteiger partial charge in [-0.1, -0.05) is 40.8 Å². The number of thioether (sulfide) groups is 1. The minimum atomic E-state index is -0.425. The highest BCUT2D eigenvalue weighted by Gasteiger charge is 2.15. The van der Waals surface area contributed by atoms with E-state index in [1.54, 1.807) is 19.4 Å². The molecule has 0 radical (unpaired) electrons. The number of hydrogen-bond donors (Lipinski definition) is 1. The Morgan fingerprint density at radius 3 is 2.96 bits per heavy atom. The lowest BCUT2D eigenvalue weighted by atomic mass is 10.2. The molecule has 142 valence electrons. The van der Waals surface area contributed by atoms with Gasteiger partial charge in [-0.3, -0.25) is 4.79 Å². The number of nitrogens with one attached hydrogen (secondary N) is 1. The zero-order valence-electron chi connectivity index (χ0n) is 14.3. The van der Waals surface area contributed by atoms with Gasteiger partial charge in [0.25, 0.3) is 0 Å². The molecule has 0 bridgehead atoms. The van der Waals surface area contributed by atoms with Crippen LogP contribution in [0.5, 0.6) is 0 Å². The number of anilines is 1. The van der Waals surface area contributed by atoms with Crippen LogP contribution in [-0.2, 0) is 17.9 Å². The molecular formula is C17H16ClFN4O2S2. The number of hydrogen-bond acceptors (Lipinski definition) is 7. The maximum atomic E-state index is 13.8. The van der Waals surface area contributed by atoms with Crippen LogP contribution < -0.4 is 5.32 Å². The normalized spacial score (nSPS) is 10.8. The number of amides is 1. The minimum absolute atomic E-state index is 0.108. The standard InChI is InChI=1S/C17H16ClFN4O2S2/c1-23(9-12-13(18)5-2-6-14(12)19)15(24)10-26-17-22-21-16(27-17)20-8-11-4-3-7-25-11/h2-7H,8-10H2,1H3,(H,20,21). The number of aromatic nitrogens is 2. The Hall–Kier alpha value is -2.10. The fourth-order valence-corrected chi connectivity index (χ4v) is 4.07. The van der Waals surface area contributed by atoms with Gasteiger partial charge in [0.15, 0.2) is 4.34 Å². The molecule has 0 aliphatic carbocycles. The SMILES string of the molecule is CN(Cc1c(F)cccc1Cl)C(=O)CSc1nnc(NCc2ccco2)s1. The number of carbonyl (C=O) groups excluding carboxylic acids is 1. The number of carbonyl (C=O) groups is 1. The smallest absolute Gasteiger partial charge is 0.233 e. The van der Waals surface area contributed by atoms with Crippen molar-refractivity contribution in [2.45, 2.75) is 17.4 Å². The van der Waals surface area contributed by atoms with Gasteiger partial charge in [0.1, 0.15) is 11.6 Å². The highest BCUT2D eigenvalue weighted by molar-refractivity contribution is 8.01. The number of rotatable bonds is 8. The average molecular weight is 427 g/mol. The third-order valence-corrected chi connectivity index (χ3v) is 5.96. The lowest BCUT2D eigenvalue weighted by molar-refractivity contribution is -0.127. The summed E-state index contributed by atoms with van der Waals surface area (Å²) in [6.45, 7) is 0.619. The number of furan rings is 1. The van der Waals surface area contributed by atoms with E-state index in [-0.39, 0.29) is 18.2 Å². The van der Waals surface area contributed by atoms with E-state index in [1.807, 2.05) is 12.1 Å². The predicted molar refractivity (Wildman–Crippen MR) is 105 cm³/mol. The van der Waals surface area contributed by atoms with Crippen molar-refractivity contribution in [1.82, 2.24) is 15.1 Å². The van der Waals surface area contributed by atoms with Crippen molar-refractivity contribution in [2.75, 3.05) is 18.1 Å². The largest absolute Gasteiger partial charge is 0.467 e. The molecule has 1 N–H and O–H groups in total. The second-order valence-corrected chi connectivity index (χ2v) is 8.15. The van der Waals surface area contributed by atoms with Crippen LogP contribution in [0.2, 0.25) is 5.02 Å². The van der Waals surface area contributed by atoms with Crippen molar-refractivity contribution in [3.63, 3.8) is 0 Å². The Morgan fingerprint density at radius 2 is 2.22 bits per heavy atom. The van der Waals surface area contributed by atoms with Gasteiger partial charge in [-0.25, -0.2) is 4.39 Å². The van der Waals surface area contributed by atoms with Gasteiger partial charge in [0.05, 0.1) is 18.6 Å². The molecule has 2 aromatic heterocycles. The molecule has 3 rings (SSSR count). The van der Waals surface area contributed by atoms with Crippen molar-refractivity contribution in [1.29, 1.82) is 0 Å². The molecule has 0 aliphatic rings. The fraction of sp³-hybridized carbons (Fsp3) is 0.235. The third kappa shape index (κ3) is 5.44. The molecule has 27 heavy (non-hydrogen) atoms. The van der Waals surface area contributed by atoms with Crippen LogP contribution in [0.4, 0.5) is 9.52 Å². The van der Waals surface area contributed by atoms with E-state index < -0.39 is 5.82 Å². The van der Waals surface area contributed by atoms with E-state index in [9.17, 15) is 9.18 Å². The Bertz CT molecular complexity index is 884. The molecule has 0 fully saturated rings. The fourth-order valence-electron chi connectivity index (χ4n) is 2.16. The van der Waals surface area contributed by atoms with E-state index >= 15 is 0 Å². The van der Waals surface area contributed by atoms with Crippen molar-refractivity contribution >= 4 is 45.7 Å². The molecule has 10 heteroatoms. The molecule has 0 saturated carbocycles. The van der Waals surface area contributed by atoms with Gasteiger partial charge in [0.2, 0.25) is 11.0 Å². The van der Waals surface area contributed by atoms with Gasteiger partial charge < -0.3 is 14.6 Å². The van der Waals surface area contributed by atoms with E-state index in [0.29, 0.717) is 26.6 Å². The maximum Gasteiger partial charge on any atom is 0.233 e. The summed E-state index contributed by atoms with van der Waals surface area (Å²) in [6, 6.07) is 8.14. The summed E-state index contributed by atoms with van der Waals surface area (Å²) in [5, 5.41) is 12.1. The molecule has 0 spiro atoms. The van der Waals surface area contributed by atoms with Gasteiger partial charge >= 0.3 is 0 Å². The first-order valence-electron chi connectivity index (χ1n) is 7.92. The molecule has 2 heterocycles. The first-order valence-corrected chi connectivity index (χ1v) is 10.1. The molecular weight excluding hydrogens is 411 g/mol. The summed E-state index contributed by atoms with van der Waals surface area (Å²) in [4.78, 5) is 13.7. The van der Waals surface area contributed by atoms with Crippen LogP contribution in [0.15, 0.2) is 45.4 Å². The Morgan fingerprint density at radius 1 is 1.37 bits per heavy atom. The molecule has 0 saturated heterocycles. The quantitative estimate of drug-likeness (QED) is 0.542. The zero-order chi connectivity index (χ0) is 19.2. The lowest BCUT2D eigenvalue weighted by Gasteiger charge is -2.18. The summed E-state index contributed by atoms with van der Waals surface area (Å²) in [7, 11) is 1.61. The van der Waals surface area contributed by atoms with Gasteiger partial charge in [0, 0.05) is 24.2 Å². The second kappa shape index (κ2) is 9.20. The topological polar surface area (TPSA) is 71.3 Å². The Balaban J connectivity index is 1.48. The third-order valence-electron chi connectivity index (χ3n) is 3.60. The van der Waals surface area contributed by atoms with E-state index in [1.165, 1.54) is 40.1 Å². The zero-order valence-corrected chi connectivity index (χ0v) is 16.7. The minimum Gasteiger partial charge on any atom is -0.467 e. The van der Waals surface area contributed by atoms with Crippen LogP contribution in [-0.4, -0.2) is 33.8 Å². The Labute approximate surface area is 168 Å². The van der Waals surface area contributed by atoms with E-state index in [0.717, 1.165) is 5.76 Å². The molecule has 3 aromatic rings. The first-order chi connectivity index (χ1) is 13.0. The Kier molecular flexibility index (Phi) is 6.70. The second-order valence-electron chi connectivity index (χ2n) is 5.54. The van der Waals surface area contributed by atoms with Gasteiger partial charge in [-0.05, 0) is 24.3 Å². The van der Waals surface area contributed by atoms with Gasteiger partial charge in [-0.2, -0.15) is 0 Å². The molecule has 0 unspecified atom stereocenters. The lowest BCUT2D eigenvalue weighted by Crippen LogP contribution is -2.28. The maximum absolute atomic E-state index is 13.8. The van der Waals surface area contributed by atoms with E-state index in [4.69, 9.17) is 16.0 Å². The number of halogens is 2. The van der Waals surface area contributed by atoms with Crippen LogP contribution in [0.1, 0.15) is 11.3 Å². The summed E-state index contributed by atoms with van der Waals surface area (Å²) >= 11 is 8.64. The summed E-state index contributed by atoms with van der Waals surface area (Å²) in [5.74, 6) is 0.392. The molecule has 0 atom stereocenters. The summed E-state index contributed by atoms with van der Waals surface area (Å²) in [5.41, 5.74) is 0.306.